The molecule has 35 heavy (non-hydrogen) atoms. The number of hydrogen-bond donors (Lipinski definition) is 1. The summed E-state index contributed by atoms with van der Waals surface area (Å²) >= 11 is 0. The minimum atomic E-state index is -3.13. The van der Waals surface area contributed by atoms with Crippen LogP contribution in [0.25, 0.3) is 22.3 Å². The number of hydrogen-bond acceptors (Lipinski definition) is 7. The number of pyridine rings is 2. The van der Waals surface area contributed by atoms with Crippen LogP contribution in [-0.2, 0) is 16.4 Å². The summed E-state index contributed by atoms with van der Waals surface area (Å²) in [7, 11) is -1.53. The summed E-state index contributed by atoms with van der Waals surface area (Å²) in [5.41, 5.74) is 3.69. The van der Waals surface area contributed by atoms with Gasteiger partial charge in [-0.25, -0.2) is 18.1 Å². The first-order valence-corrected chi connectivity index (χ1v) is 13.1. The molecule has 0 aliphatic carbocycles. The van der Waals surface area contributed by atoms with Crippen molar-refractivity contribution in [3.8, 4) is 17.0 Å². The molecule has 1 fully saturated rings. The van der Waals surface area contributed by atoms with E-state index in [0.717, 1.165) is 11.3 Å². The van der Waals surface area contributed by atoms with Crippen LogP contribution >= 0.6 is 0 Å². The molecule has 1 saturated heterocycles. The van der Waals surface area contributed by atoms with E-state index in [-0.39, 0.29) is 30.0 Å². The van der Waals surface area contributed by atoms with Crippen molar-refractivity contribution in [1.82, 2.24) is 25.1 Å². The number of methoxy groups -OCH3 is 1. The third-order valence-electron chi connectivity index (χ3n) is 6.18. The van der Waals surface area contributed by atoms with E-state index in [4.69, 9.17) is 9.72 Å². The number of sulfone groups is 1. The van der Waals surface area contributed by atoms with Crippen LogP contribution in [-0.4, -0.2) is 52.7 Å². The van der Waals surface area contributed by atoms with Crippen LogP contribution in [0, 0.1) is 6.92 Å². The quantitative estimate of drug-likeness (QED) is 0.441. The van der Waals surface area contributed by atoms with Gasteiger partial charge in [0.05, 0.1) is 59.2 Å². The molecule has 1 aliphatic heterocycles. The number of aromatic nitrogens is 4. The van der Waals surface area contributed by atoms with E-state index in [1.807, 2.05) is 49.4 Å². The van der Waals surface area contributed by atoms with Gasteiger partial charge in [0, 0.05) is 11.8 Å². The smallest absolute Gasteiger partial charge is 0.252 e. The van der Waals surface area contributed by atoms with Crippen LogP contribution in [0.15, 0.2) is 54.7 Å². The molecule has 0 spiro atoms. The molecule has 3 aromatic heterocycles. The SMILES string of the molecule is COc1ccc(-c2cc(C(=O)NCc3ccccn3)c3c(C)nn(C4CCS(=O)(=O)C4)c3n2)cc1. The third-order valence-corrected chi connectivity index (χ3v) is 7.93. The average Bonchev–Trinajstić information content (AvgIpc) is 3.41. The summed E-state index contributed by atoms with van der Waals surface area (Å²) in [6.07, 6.45) is 2.14. The Morgan fingerprint density at radius 2 is 2.00 bits per heavy atom. The number of amides is 1. The fraction of sp³-hybridized carbons (Fsp3) is 0.280. The molecule has 180 valence electrons. The fourth-order valence-corrected chi connectivity index (χ4v) is 6.09. The summed E-state index contributed by atoms with van der Waals surface area (Å²) in [6, 6.07) is 14.4. The van der Waals surface area contributed by atoms with Gasteiger partial charge in [-0.1, -0.05) is 6.07 Å². The van der Waals surface area contributed by atoms with E-state index in [0.29, 0.717) is 40.2 Å². The molecule has 1 N–H and O–H groups in total. The van der Waals surface area contributed by atoms with Gasteiger partial charge in [0.1, 0.15) is 5.75 Å². The summed E-state index contributed by atoms with van der Waals surface area (Å²) < 4.78 is 31.3. The van der Waals surface area contributed by atoms with E-state index in [1.54, 1.807) is 24.1 Å². The number of ether oxygens (including phenoxy) is 1. The highest BCUT2D eigenvalue weighted by Gasteiger charge is 2.32. The van der Waals surface area contributed by atoms with Crippen molar-refractivity contribution in [1.29, 1.82) is 0 Å². The molecule has 0 radical (unpaired) electrons. The average molecular weight is 492 g/mol. The van der Waals surface area contributed by atoms with E-state index in [1.165, 1.54) is 0 Å². The van der Waals surface area contributed by atoms with Gasteiger partial charge < -0.3 is 10.1 Å². The van der Waals surface area contributed by atoms with Gasteiger partial charge in [-0.15, -0.1) is 0 Å². The van der Waals surface area contributed by atoms with Gasteiger partial charge in [0.25, 0.3) is 5.91 Å². The zero-order chi connectivity index (χ0) is 24.6. The second kappa shape index (κ2) is 9.10. The number of carbonyl (C=O) groups is 1. The number of aryl methyl sites for hydroxylation is 1. The second-order valence-corrected chi connectivity index (χ2v) is 10.8. The molecular weight excluding hydrogens is 466 g/mol. The molecule has 4 heterocycles. The molecule has 0 saturated carbocycles. The van der Waals surface area contributed by atoms with Crippen LogP contribution in [0.2, 0.25) is 0 Å². The minimum Gasteiger partial charge on any atom is -0.497 e. The molecule has 1 amide bonds. The summed E-state index contributed by atoms with van der Waals surface area (Å²) in [5, 5.41) is 8.20. The highest BCUT2D eigenvalue weighted by atomic mass is 32.2. The number of fused-ring (bicyclic) bond motifs is 1. The van der Waals surface area contributed by atoms with Crippen LogP contribution in [0.5, 0.6) is 5.75 Å². The van der Waals surface area contributed by atoms with Crippen molar-refractivity contribution in [3.05, 3.63) is 71.7 Å². The summed E-state index contributed by atoms with van der Waals surface area (Å²) in [5.74, 6) is 0.562. The largest absolute Gasteiger partial charge is 0.497 e. The van der Waals surface area contributed by atoms with Crippen molar-refractivity contribution in [2.45, 2.75) is 25.9 Å². The predicted molar refractivity (Wildman–Crippen MR) is 132 cm³/mol. The Balaban J connectivity index is 1.61. The first-order valence-electron chi connectivity index (χ1n) is 11.3. The van der Waals surface area contributed by atoms with Gasteiger partial charge in [-0.2, -0.15) is 5.10 Å². The van der Waals surface area contributed by atoms with E-state index in [2.05, 4.69) is 15.4 Å². The zero-order valence-electron chi connectivity index (χ0n) is 19.4. The van der Waals surface area contributed by atoms with Crippen molar-refractivity contribution in [2.24, 2.45) is 0 Å². The van der Waals surface area contributed by atoms with Gasteiger partial charge in [0.15, 0.2) is 15.5 Å². The Morgan fingerprint density at radius 1 is 1.20 bits per heavy atom. The lowest BCUT2D eigenvalue weighted by Crippen LogP contribution is -2.24. The third kappa shape index (κ3) is 4.61. The molecule has 4 aromatic rings. The number of rotatable bonds is 6. The fourth-order valence-electron chi connectivity index (χ4n) is 4.39. The molecule has 1 unspecified atom stereocenters. The maximum absolute atomic E-state index is 13.4. The van der Waals surface area contributed by atoms with Gasteiger partial charge in [0.2, 0.25) is 0 Å². The number of nitrogens with one attached hydrogen (secondary N) is 1. The van der Waals surface area contributed by atoms with Crippen molar-refractivity contribution in [3.63, 3.8) is 0 Å². The lowest BCUT2D eigenvalue weighted by atomic mass is 10.0. The summed E-state index contributed by atoms with van der Waals surface area (Å²) in [6.45, 7) is 2.09. The number of carbonyl (C=O) groups excluding carboxylic acids is 1. The first kappa shape index (κ1) is 23.0. The van der Waals surface area contributed by atoms with E-state index < -0.39 is 9.84 Å². The molecule has 1 aromatic carbocycles. The monoisotopic (exact) mass is 491 g/mol. The Kier molecular flexibility index (Phi) is 5.98. The molecular formula is C25H25N5O4S. The zero-order valence-corrected chi connectivity index (χ0v) is 20.2. The van der Waals surface area contributed by atoms with Crippen LogP contribution in [0.4, 0.5) is 0 Å². The standard InChI is InChI=1S/C25H25N5O4S/c1-16-23-21(25(31)27-14-18-5-3-4-11-26-18)13-22(17-6-8-20(34-2)9-7-17)28-24(23)30(29-16)19-10-12-35(32,33)15-19/h3-9,11,13,19H,10,12,14-15H2,1-2H3,(H,27,31). The van der Waals surface area contributed by atoms with E-state index in [9.17, 15) is 13.2 Å². The van der Waals surface area contributed by atoms with Crippen LogP contribution in [0.1, 0.15) is 34.2 Å². The number of benzene rings is 1. The Bertz CT molecular complexity index is 1500. The molecule has 5 rings (SSSR count). The van der Waals surface area contributed by atoms with Crippen LogP contribution < -0.4 is 10.1 Å². The minimum absolute atomic E-state index is 0.0128. The molecule has 0 bridgehead atoms. The van der Waals surface area contributed by atoms with E-state index >= 15 is 0 Å². The Hall–Kier alpha value is -3.79. The lowest BCUT2D eigenvalue weighted by Gasteiger charge is -2.12. The number of nitrogens with zero attached hydrogens (tertiary/aromatic N) is 4. The normalized spacial score (nSPS) is 16.9. The highest BCUT2D eigenvalue weighted by Crippen LogP contribution is 2.32. The molecule has 1 atom stereocenters. The topological polar surface area (TPSA) is 116 Å². The molecule has 1 aliphatic rings. The maximum atomic E-state index is 13.4. The Morgan fingerprint density at radius 3 is 2.66 bits per heavy atom. The summed E-state index contributed by atoms with van der Waals surface area (Å²) in [4.78, 5) is 22.5. The predicted octanol–water partition coefficient (Wildman–Crippen LogP) is 3.10. The maximum Gasteiger partial charge on any atom is 0.252 e. The highest BCUT2D eigenvalue weighted by molar-refractivity contribution is 7.91. The lowest BCUT2D eigenvalue weighted by molar-refractivity contribution is 0.0952. The molecule has 9 nitrogen and oxygen atoms in total. The van der Waals surface area contributed by atoms with Crippen LogP contribution in [0.3, 0.4) is 0 Å². The van der Waals surface area contributed by atoms with Gasteiger partial charge >= 0.3 is 0 Å². The van der Waals surface area contributed by atoms with Gasteiger partial charge in [-0.3, -0.25) is 9.78 Å². The van der Waals surface area contributed by atoms with Crippen molar-refractivity contribution >= 4 is 26.8 Å². The first-order chi connectivity index (χ1) is 16.8. The van der Waals surface area contributed by atoms with Crippen molar-refractivity contribution in [2.75, 3.05) is 18.6 Å². The van der Waals surface area contributed by atoms with Gasteiger partial charge in [-0.05, 0) is 55.8 Å². The Labute approximate surface area is 203 Å². The second-order valence-electron chi connectivity index (χ2n) is 8.57. The van der Waals surface area contributed by atoms with Crippen molar-refractivity contribution < 1.29 is 17.9 Å². The molecule has 10 heteroatoms.